The number of benzene rings is 1. The maximum absolute atomic E-state index is 14.4. The van der Waals surface area contributed by atoms with Crippen LogP contribution in [0.15, 0.2) is 12.1 Å². The molecular formula is C18H22F4O3. The molecule has 25 heavy (non-hydrogen) atoms. The lowest BCUT2D eigenvalue weighted by molar-refractivity contribution is -0.276. The van der Waals surface area contributed by atoms with Crippen molar-refractivity contribution in [2.45, 2.75) is 51.3 Å². The van der Waals surface area contributed by atoms with Crippen molar-refractivity contribution >= 4 is 0 Å². The van der Waals surface area contributed by atoms with Crippen LogP contribution < -0.4 is 14.2 Å². The summed E-state index contributed by atoms with van der Waals surface area (Å²) >= 11 is 0. The van der Waals surface area contributed by atoms with Gasteiger partial charge in [0, 0.05) is 0 Å². The van der Waals surface area contributed by atoms with Crippen LogP contribution in [0.4, 0.5) is 17.6 Å². The lowest BCUT2D eigenvalue weighted by Gasteiger charge is -2.17. The third-order valence-electron chi connectivity index (χ3n) is 4.67. The van der Waals surface area contributed by atoms with Crippen molar-refractivity contribution in [2.24, 2.45) is 11.8 Å². The van der Waals surface area contributed by atoms with Gasteiger partial charge in [0.2, 0.25) is 11.6 Å². The quantitative estimate of drug-likeness (QED) is 0.574. The molecule has 3 rings (SSSR count). The van der Waals surface area contributed by atoms with Crippen molar-refractivity contribution in [1.82, 2.24) is 0 Å². The molecule has 2 aliphatic rings. The van der Waals surface area contributed by atoms with Crippen LogP contribution in [-0.2, 0) is 0 Å². The first kappa shape index (κ1) is 18.1. The van der Waals surface area contributed by atoms with Gasteiger partial charge < -0.3 is 14.2 Å². The molecule has 1 aromatic carbocycles. The summed E-state index contributed by atoms with van der Waals surface area (Å²) in [4.78, 5) is 0. The van der Waals surface area contributed by atoms with Gasteiger partial charge in [-0.25, -0.2) is 0 Å². The summed E-state index contributed by atoms with van der Waals surface area (Å²) in [6.45, 7) is 0.533. The molecule has 140 valence electrons. The zero-order valence-corrected chi connectivity index (χ0v) is 13.9. The van der Waals surface area contributed by atoms with Gasteiger partial charge in [0.1, 0.15) is 0 Å². The van der Waals surface area contributed by atoms with E-state index in [1.165, 1.54) is 25.0 Å². The molecule has 0 aromatic heterocycles. The third kappa shape index (κ3) is 5.41. The van der Waals surface area contributed by atoms with Crippen molar-refractivity contribution in [3.8, 4) is 17.2 Å². The molecule has 2 aliphatic carbocycles. The van der Waals surface area contributed by atoms with Gasteiger partial charge in [-0.1, -0.05) is 25.7 Å². The molecule has 0 unspecified atom stereocenters. The van der Waals surface area contributed by atoms with E-state index in [9.17, 15) is 17.6 Å². The van der Waals surface area contributed by atoms with Crippen molar-refractivity contribution in [3.05, 3.63) is 17.9 Å². The monoisotopic (exact) mass is 362 g/mol. The zero-order valence-electron chi connectivity index (χ0n) is 13.9. The molecule has 0 saturated heterocycles. The molecule has 0 radical (unpaired) electrons. The minimum absolute atomic E-state index is 0.237. The first-order valence-corrected chi connectivity index (χ1v) is 8.76. The maximum atomic E-state index is 14.4. The summed E-state index contributed by atoms with van der Waals surface area (Å²) in [6, 6.07) is 2.58. The lowest BCUT2D eigenvalue weighted by atomic mass is 10.1. The Morgan fingerprint density at radius 3 is 2.24 bits per heavy atom. The molecule has 2 fully saturated rings. The number of hydrogen-bond donors (Lipinski definition) is 0. The van der Waals surface area contributed by atoms with Gasteiger partial charge in [-0.05, 0) is 43.2 Å². The van der Waals surface area contributed by atoms with Crippen LogP contribution in [-0.4, -0.2) is 19.6 Å². The summed E-state index contributed by atoms with van der Waals surface area (Å²) in [6.07, 6.45) is 2.30. The number of halogens is 4. The Hall–Kier alpha value is -1.66. The van der Waals surface area contributed by atoms with Crippen molar-refractivity contribution in [3.63, 3.8) is 0 Å². The Kier molecular flexibility index (Phi) is 5.59. The highest BCUT2D eigenvalue weighted by Gasteiger charge is 2.35. The van der Waals surface area contributed by atoms with E-state index in [2.05, 4.69) is 4.74 Å². The normalized spacial score (nSPS) is 18.4. The molecular weight excluding hydrogens is 340 g/mol. The first-order chi connectivity index (χ1) is 11.9. The minimum Gasteiger partial charge on any atom is -0.490 e. The molecule has 7 heteroatoms. The fraction of sp³-hybridized carbons (Fsp3) is 0.667. The van der Waals surface area contributed by atoms with E-state index < -0.39 is 17.9 Å². The number of rotatable bonds is 8. The molecule has 0 bridgehead atoms. The summed E-state index contributed by atoms with van der Waals surface area (Å²) < 4.78 is 66.9. The summed E-state index contributed by atoms with van der Waals surface area (Å²) in [5, 5.41) is 0. The second-order valence-corrected chi connectivity index (χ2v) is 6.79. The van der Waals surface area contributed by atoms with Gasteiger partial charge in [-0.15, -0.1) is 13.2 Å². The smallest absolute Gasteiger partial charge is 0.490 e. The average molecular weight is 362 g/mol. The molecule has 0 aliphatic heterocycles. The first-order valence-electron chi connectivity index (χ1n) is 8.76. The van der Waals surface area contributed by atoms with Crippen LogP contribution in [0, 0.1) is 17.7 Å². The second-order valence-electron chi connectivity index (χ2n) is 6.79. The molecule has 1 aromatic rings. The molecule has 0 spiro atoms. The van der Waals surface area contributed by atoms with Crippen LogP contribution >= 0.6 is 0 Å². The summed E-state index contributed by atoms with van der Waals surface area (Å²) in [5.41, 5.74) is 0. The zero-order chi connectivity index (χ0) is 17.9. The van der Waals surface area contributed by atoms with Crippen LogP contribution in [0.5, 0.6) is 17.2 Å². The number of hydrogen-bond acceptors (Lipinski definition) is 3. The van der Waals surface area contributed by atoms with Crippen LogP contribution in [0.25, 0.3) is 0 Å². The van der Waals surface area contributed by atoms with Gasteiger partial charge in [0.15, 0.2) is 11.5 Å². The minimum atomic E-state index is -5.00. The summed E-state index contributed by atoms with van der Waals surface area (Å²) in [5.74, 6) is -1.73. The van der Waals surface area contributed by atoms with Gasteiger partial charge >= 0.3 is 6.36 Å². The van der Waals surface area contributed by atoms with E-state index in [0.29, 0.717) is 18.4 Å². The van der Waals surface area contributed by atoms with E-state index in [-0.39, 0.29) is 18.1 Å². The maximum Gasteiger partial charge on any atom is 0.573 e. The highest BCUT2D eigenvalue weighted by molar-refractivity contribution is 5.47. The van der Waals surface area contributed by atoms with Crippen molar-refractivity contribution in [2.75, 3.05) is 13.2 Å². The molecule has 0 atom stereocenters. The Bertz CT molecular complexity index is 578. The van der Waals surface area contributed by atoms with E-state index in [1.807, 2.05) is 0 Å². The van der Waals surface area contributed by atoms with Crippen LogP contribution in [0.1, 0.15) is 44.9 Å². The van der Waals surface area contributed by atoms with Crippen LogP contribution in [0.2, 0.25) is 0 Å². The number of alkyl halides is 3. The fourth-order valence-corrected chi connectivity index (χ4v) is 3.08. The highest BCUT2D eigenvalue weighted by atomic mass is 19.4. The molecule has 3 nitrogen and oxygen atoms in total. The Morgan fingerprint density at radius 2 is 1.60 bits per heavy atom. The van der Waals surface area contributed by atoms with E-state index in [0.717, 1.165) is 32.1 Å². The van der Waals surface area contributed by atoms with Gasteiger partial charge in [0.05, 0.1) is 13.2 Å². The molecule has 0 N–H and O–H groups in total. The Labute approximate surface area is 144 Å². The van der Waals surface area contributed by atoms with Crippen LogP contribution in [0.3, 0.4) is 0 Å². The SMILES string of the molecule is Fc1c(OCC2CC2)ccc(OCCC2CCCC2)c1OC(F)(F)F. The average Bonchev–Trinajstić information content (AvgIpc) is 3.23. The van der Waals surface area contributed by atoms with Gasteiger partial charge in [0.25, 0.3) is 0 Å². The predicted octanol–water partition coefficient (Wildman–Crippen LogP) is 5.47. The van der Waals surface area contributed by atoms with Gasteiger partial charge in [-0.3, -0.25) is 0 Å². The standard InChI is InChI=1S/C18H22F4O3/c19-16-14(24-11-13-5-6-13)7-8-15(17(16)25-18(20,21)22)23-10-9-12-3-1-2-4-12/h7-8,12-13H,1-6,9-11H2. The van der Waals surface area contributed by atoms with E-state index in [1.54, 1.807) is 0 Å². The Morgan fingerprint density at radius 1 is 0.920 bits per heavy atom. The van der Waals surface area contributed by atoms with Crippen molar-refractivity contribution < 1.29 is 31.8 Å². The highest BCUT2D eigenvalue weighted by Crippen LogP contribution is 2.40. The van der Waals surface area contributed by atoms with E-state index >= 15 is 0 Å². The molecule has 0 heterocycles. The molecule has 0 amide bonds. The van der Waals surface area contributed by atoms with Gasteiger partial charge in [-0.2, -0.15) is 4.39 Å². The second kappa shape index (κ2) is 7.70. The summed E-state index contributed by atoms with van der Waals surface area (Å²) in [7, 11) is 0. The topological polar surface area (TPSA) is 27.7 Å². The number of ether oxygens (including phenoxy) is 3. The third-order valence-corrected chi connectivity index (χ3v) is 4.67. The fourth-order valence-electron chi connectivity index (χ4n) is 3.08. The Balaban J connectivity index is 1.68. The molecule has 2 saturated carbocycles. The van der Waals surface area contributed by atoms with Crippen molar-refractivity contribution in [1.29, 1.82) is 0 Å². The predicted molar refractivity (Wildman–Crippen MR) is 83.4 cm³/mol. The lowest BCUT2D eigenvalue weighted by Crippen LogP contribution is -2.19. The largest absolute Gasteiger partial charge is 0.573 e. The van der Waals surface area contributed by atoms with E-state index in [4.69, 9.17) is 9.47 Å².